The molecule has 1 aliphatic heterocycles. The first-order valence-electron chi connectivity index (χ1n) is 6.31. The maximum atomic E-state index is 12.4. The second-order valence-corrected chi connectivity index (χ2v) is 5.84. The maximum absolute atomic E-state index is 12.4. The van der Waals surface area contributed by atoms with Crippen LogP contribution in [0.4, 0.5) is 5.69 Å². The highest BCUT2D eigenvalue weighted by Gasteiger charge is 2.34. The lowest BCUT2D eigenvalue weighted by atomic mass is 9.82. The van der Waals surface area contributed by atoms with E-state index in [1.807, 2.05) is 37.4 Å². The molecule has 0 spiro atoms. The normalized spacial score (nSPS) is 23.7. The zero-order valence-electron chi connectivity index (χ0n) is 11.0. The molecular formula is C14H20N2OS. The SMILES string of the molecule is CSc1ccccc1NC(=O)C1(C)CCCNC1. The van der Waals surface area contributed by atoms with E-state index in [9.17, 15) is 4.79 Å². The Balaban J connectivity index is 2.10. The van der Waals surface area contributed by atoms with E-state index < -0.39 is 0 Å². The lowest BCUT2D eigenvalue weighted by Crippen LogP contribution is -2.46. The molecule has 0 bridgehead atoms. The summed E-state index contributed by atoms with van der Waals surface area (Å²) in [5, 5.41) is 6.38. The van der Waals surface area contributed by atoms with Gasteiger partial charge in [-0.25, -0.2) is 0 Å². The molecule has 0 aromatic heterocycles. The summed E-state index contributed by atoms with van der Waals surface area (Å²) in [6.07, 6.45) is 4.04. The summed E-state index contributed by atoms with van der Waals surface area (Å²) in [5.41, 5.74) is 0.630. The Kier molecular flexibility index (Phi) is 4.30. The summed E-state index contributed by atoms with van der Waals surface area (Å²) in [7, 11) is 0. The van der Waals surface area contributed by atoms with Gasteiger partial charge in [0.25, 0.3) is 0 Å². The molecule has 1 aromatic carbocycles. The molecule has 0 saturated carbocycles. The molecule has 18 heavy (non-hydrogen) atoms. The molecular weight excluding hydrogens is 244 g/mol. The van der Waals surface area contributed by atoms with Gasteiger partial charge in [0.2, 0.25) is 5.91 Å². The summed E-state index contributed by atoms with van der Waals surface area (Å²) in [4.78, 5) is 13.5. The lowest BCUT2D eigenvalue weighted by Gasteiger charge is -2.32. The minimum absolute atomic E-state index is 0.121. The molecule has 1 heterocycles. The van der Waals surface area contributed by atoms with Crippen molar-refractivity contribution in [1.29, 1.82) is 0 Å². The number of carbonyl (C=O) groups is 1. The molecule has 1 saturated heterocycles. The first kappa shape index (κ1) is 13.4. The van der Waals surface area contributed by atoms with Crippen LogP contribution in [0, 0.1) is 5.41 Å². The summed E-state index contributed by atoms with van der Waals surface area (Å²) in [5.74, 6) is 0.121. The number of nitrogens with one attached hydrogen (secondary N) is 2. The molecule has 1 fully saturated rings. The summed E-state index contributed by atoms with van der Waals surface area (Å²) < 4.78 is 0. The second kappa shape index (κ2) is 5.76. The number of benzene rings is 1. The number of anilines is 1. The average Bonchev–Trinajstić information content (AvgIpc) is 2.40. The molecule has 1 aliphatic rings. The van der Waals surface area contributed by atoms with Gasteiger partial charge in [-0.3, -0.25) is 4.79 Å². The van der Waals surface area contributed by atoms with Crippen molar-refractivity contribution in [2.24, 2.45) is 5.41 Å². The first-order chi connectivity index (χ1) is 8.65. The molecule has 98 valence electrons. The van der Waals surface area contributed by atoms with E-state index in [1.54, 1.807) is 11.8 Å². The topological polar surface area (TPSA) is 41.1 Å². The van der Waals surface area contributed by atoms with Crippen LogP contribution in [0.15, 0.2) is 29.2 Å². The number of para-hydroxylation sites is 1. The number of amides is 1. The molecule has 3 nitrogen and oxygen atoms in total. The highest BCUT2D eigenvalue weighted by Crippen LogP contribution is 2.30. The van der Waals surface area contributed by atoms with Gasteiger partial charge in [-0.15, -0.1) is 11.8 Å². The van der Waals surface area contributed by atoms with Crippen LogP contribution >= 0.6 is 11.8 Å². The lowest BCUT2D eigenvalue weighted by molar-refractivity contribution is -0.125. The number of hydrogen-bond acceptors (Lipinski definition) is 3. The van der Waals surface area contributed by atoms with Crippen molar-refractivity contribution in [2.75, 3.05) is 24.7 Å². The standard InChI is InChI=1S/C14H20N2OS/c1-14(8-5-9-15-10-14)13(17)16-11-6-3-4-7-12(11)18-2/h3-4,6-7,15H,5,8-10H2,1-2H3,(H,16,17). The summed E-state index contributed by atoms with van der Waals surface area (Å²) in [6.45, 7) is 3.82. The summed E-state index contributed by atoms with van der Waals surface area (Å²) in [6, 6.07) is 7.94. The van der Waals surface area contributed by atoms with E-state index in [4.69, 9.17) is 0 Å². The van der Waals surface area contributed by atoms with Gasteiger partial charge < -0.3 is 10.6 Å². The third kappa shape index (κ3) is 2.87. The van der Waals surface area contributed by atoms with Crippen LogP contribution in [0.2, 0.25) is 0 Å². The number of rotatable bonds is 3. The van der Waals surface area contributed by atoms with Crippen LogP contribution in [-0.2, 0) is 4.79 Å². The van der Waals surface area contributed by atoms with E-state index in [1.165, 1.54) is 0 Å². The Morgan fingerprint density at radius 2 is 2.22 bits per heavy atom. The Bertz CT molecular complexity index is 428. The largest absolute Gasteiger partial charge is 0.325 e. The Morgan fingerprint density at radius 3 is 2.89 bits per heavy atom. The van der Waals surface area contributed by atoms with Crippen LogP contribution < -0.4 is 10.6 Å². The van der Waals surface area contributed by atoms with Crippen LogP contribution in [-0.4, -0.2) is 25.3 Å². The van der Waals surface area contributed by atoms with Crippen LogP contribution in [0.5, 0.6) is 0 Å². The quantitative estimate of drug-likeness (QED) is 0.825. The molecule has 1 amide bonds. The van der Waals surface area contributed by atoms with E-state index in [0.717, 1.165) is 36.5 Å². The minimum Gasteiger partial charge on any atom is -0.325 e. The molecule has 0 radical (unpaired) electrons. The fraction of sp³-hybridized carbons (Fsp3) is 0.500. The van der Waals surface area contributed by atoms with Gasteiger partial charge in [0, 0.05) is 11.4 Å². The van der Waals surface area contributed by atoms with Gasteiger partial charge in [0.15, 0.2) is 0 Å². The molecule has 2 rings (SSSR count). The van der Waals surface area contributed by atoms with Crippen molar-refractivity contribution in [3.8, 4) is 0 Å². The van der Waals surface area contributed by atoms with Crippen molar-refractivity contribution < 1.29 is 4.79 Å². The van der Waals surface area contributed by atoms with Crippen molar-refractivity contribution in [2.45, 2.75) is 24.7 Å². The predicted molar refractivity (Wildman–Crippen MR) is 77.1 cm³/mol. The smallest absolute Gasteiger partial charge is 0.231 e. The van der Waals surface area contributed by atoms with Gasteiger partial charge in [0.05, 0.1) is 11.1 Å². The molecule has 4 heteroatoms. The highest BCUT2D eigenvalue weighted by atomic mass is 32.2. The van der Waals surface area contributed by atoms with E-state index in [-0.39, 0.29) is 11.3 Å². The van der Waals surface area contributed by atoms with Gasteiger partial charge in [-0.05, 0) is 44.7 Å². The third-order valence-corrected chi connectivity index (χ3v) is 4.30. The minimum atomic E-state index is -0.288. The number of hydrogen-bond donors (Lipinski definition) is 2. The van der Waals surface area contributed by atoms with E-state index >= 15 is 0 Å². The van der Waals surface area contributed by atoms with Crippen LogP contribution in [0.3, 0.4) is 0 Å². The van der Waals surface area contributed by atoms with Crippen LogP contribution in [0.25, 0.3) is 0 Å². The number of piperidine rings is 1. The number of thioether (sulfide) groups is 1. The molecule has 1 aromatic rings. The fourth-order valence-electron chi connectivity index (χ4n) is 2.27. The maximum Gasteiger partial charge on any atom is 0.231 e. The van der Waals surface area contributed by atoms with Gasteiger partial charge in [-0.1, -0.05) is 12.1 Å². The highest BCUT2D eigenvalue weighted by molar-refractivity contribution is 7.98. The van der Waals surface area contributed by atoms with Gasteiger partial charge >= 0.3 is 0 Å². The molecule has 0 aliphatic carbocycles. The van der Waals surface area contributed by atoms with E-state index in [0.29, 0.717) is 0 Å². The summed E-state index contributed by atoms with van der Waals surface area (Å²) >= 11 is 1.65. The fourth-order valence-corrected chi connectivity index (χ4v) is 2.82. The van der Waals surface area contributed by atoms with Crippen molar-refractivity contribution in [3.05, 3.63) is 24.3 Å². The zero-order valence-corrected chi connectivity index (χ0v) is 11.8. The molecule has 2 N–H and O–H groups in total. The monoisotopic (exact) mass is 264 g/mol. The first-order valence-corrected chi connectivity index (χ1v) is 7.53. The van der Waals surface area contributed by atoms with Crippen molar-refractivity contribution >= 4 is 23.4 Å². The molecule has 1 atom stereocenters. The second-order valence-electron chi connectivity index (χ2n) is 5.00. The van der Waals surface area contributed by atoms with E-state index in [2.05, 4.69) is 10.6 Å². The van der Waals surface area contributed by atoms with Crippen molar-refractivity contribution in [3.63, 3.8) is 0 Å². The zero-order chi connectivity index (χ0) is 13.0. The molecule has 1 unspecified atom stereocenters. The van der Waals surface area contributed by atoms with Gasteiger partial charge in [-0.2, -0.15) is 0 Å². The number of carbonyl (C=O) groups excluding carboxylic acids is 1. The van der Waals surface area contributed by atoms with Crippen LogP contribution in [0.1, 0.15) is 19.8 Å². The van der Waals surface area contributed by atoms with Crippen molar-refractivity contribution in [1.82, 2.24) is 5.32 Å². The Labute approximate surface area is 113 Å². The Morgan fingerprint density at radius 1 is 1.44 bits per heavy atom. The average molecular weight is 264 g/mol. The van der Waals surface area contributed by atoms with Gasteiger partial charge in [0.1, 0.15) is 0 Å². The Hall–Kier alpha value is -1.00. The third-order valence-electron chi connectivity index (χ3n) is 3.50. The predicted octanol–water partition coefficient (Wildman–Crippen LogP) is 2.74.